The molecule has 0 aliphatic carbocycles. The van der Waals surface area contributed by atoms with Crippen molar-refractivity contribution < 1.29 is 19.4 Å². The maximum atomic E-state index is 10.6. The van der Waals surface area contributed by atoms with E-state index in [0.717, 1.165) is 0 Å². The summed E-state index contributed by atoms with van der Waals surface area (Å²) in [6.45, 7) is 10.8. The predicted octanol–water partition coefficient (Wildman–Crippen LogP) is 2.71. The van der Waals surface area contributed by atoms with E-state index in [4.69, 9.17) is 5.11 Å². The highest BCUT2D eigenvalue weighted by atomic mass is 16.5. The molecule has 4 nitrogen and oxygen atoms in total. The minimum atomic E-state index is -0.722. The topological polar surface area (TPSA) is 63.6 Å². The number of hydrogen-bond acceptors (Lipinski definition) is 3. The molecule has 0 aromatic carbocycles. The van der Waals surface area contributed by atoms with Gasteiger partial charge in [0, 0.05) is 0 Å². The molecule has 4 heteroatoms. The number of hydrogen-bond donors (Lipinski definition) is 1. The van der Waals surface area contributed by atoms with Crippen molar-refractivity contribution in [2.24, 2.45) is 10.8 Å². The van der Waals surface area contributed by atoms with E-state index in [1.54, 1.807) is 13.8 Å². The van der Waals surface area contributed by atoms with Crippen molar-refractivity contribution in [2.45, 2.75) is 48.0 Å². The van der Waals surface area contributed by atoms with E-state index in [2.05, 4.69) is 4.74 Å². The Morgan fingerprint density at radius 1 is 1.12 bits per heavy atom. The number of carboxylic acid groups (broad SMARTS) is 1. The maximum absolute atomic E-state index is 10.6. The first-order chi connectivity index (χ1) is 6.99. The Hall–Kier alpha value is -1.06. The standard InChI is InChI=1S/2C6H12O2/c1-6(2,3)5(7)8-4;1-4-6(2,3)5(7)8/h1-4H3;4H2,1-3H3,(H,7,8). The Bertz CT molecular complexity index is 236. The van der Waals surface area contributed by atoms with Gasteiger partial charge < -0.3 is 9.84 Å². The summed E-state index contributed by atoms with van der Waals surface area (Å²) in [6, 6.07) is 0. The molecule has 0 amide bonds. The lowest BCUT2D eigenvalue weighted by Gasteiger charge is -2.14. The van der Waals surface area contributed by atoms with E-state index >= 15 is 0 Å². The third-order valence-electron chi connectivity index (χ3n) is 2.26. The number of esters is 1. The Balaban J connectivity index is 0. The number of carboxylic acids is 1. The molecule has 0 heterocycles. The maximum Gasteiger partial charge on any atom is 0.310 e. The molecule has 0 aromatic heterocycles. The smallest absolute Gasteiger partial charge is 0.310 e. The normalized spacial score (nSPS) is 11.2. The van der Waals surface area contributed by atoms with Crippen LogP contribution in [0.5, 0.6) is 0 Å². The summed E-state index contributed by atoms with van der Waals surface area (Å²) >= 11 is 0. The van der Waals surface area contributed by atoms with Gasteiger partial charge in [0.25, 0.3) is 0 Å². The molecule has 0 rings (SSSR count). The number of methoxy groups -OCH3 is 1. The molecule has 0 saturated heterocycles. The van der Waals surface area contributed by atoms with Crippen molar-refractivity contribution >= 4 is 11.9 Å². The fourth-order valence-electron chi connectivity index (χ4n) is 0.457. The van der Waals surface area contributed by atoms with Crippen molar-refractivity contribution in [3.63, 3.8) is 0 Å². The molecule has 96 valence electrons. The highest BCUT2D eigenvalue weighted by Gasteiger charge is 2.23. The summed E-state index contributed by atoms with van der Waals surface area (Å²) in [5.41, 5.74) is -0.894. The highest BCUT2D eigenvalue weighted by Crippen LogP contribution is 2.18. The lowest BCUT2D eigenvalue weighted by atomic mass is 9.91. The third-order valence-corrected chi connectivity index (χ3v) is 2.26. The van der Waals surface area contributed by atoms with Crippen molar-refractivity contribution in [3.05, 3.63) is 0 Å². The first-order valence-electron chi connectivity index (χ1n) is 5.30. The lowest BCUT2D eigenvalue weighted by Crippen LogP contribution is -2.21. The van der Waals surface area contributed by atoms with E-state index in [-0.39, 0.29) is 11.4 Å². The van der Waals surface area contributed by atoms with Crippen LogP contribution in [-0.4, -0.2) is 24.2 Å². The SMILES string of the molecule is CCC(C)(C)C(=O)O.COC(=O)C(C)(C)C. The fourth-order valence-corrected chi connectivity index (χ4v) is 0.457. The number of carbonyl (C=O) groups is 2. The lowest BCUT2D eigenvalue weighted by molar-refractivity contribution is -0.149. The molecule has 0 radical (unpaired) electrons. The van der Waals surface area contributed by atoms with Crippen LogP contribution >= 0.6 is 0 Å². The highest BCUT2D eigenvalue weighted by molar-refractivity contribution is 5.75. The van der Waals surface area contributed by atoms with Gasteiger partial charge in [0.1, 0.15) is 0 Å². The molecule has 0 atom stereocenters. The van der Waals surface area contributed by atoms with Crippen LogP contribution in [0, 0.1) is 10.8 Å². The summed E-state index contributed by atoms with van der Waals surface area (Å²) in [5, 5.41) is 8.44. The fraction of sp³-hybridized carbons (Fsp3) is 0.833. The summed E-state index contributed by atoms with van der Waals surface area (Å²) in [5.74, 6) is -0.891. The average Bonchev–Trinajstić information content (AvgIpc) is 2.15. The van der Waals surface area contributed by atoms with Crippen LogP contribution in [0.3, 0.4) is 0 Å². The van der Waals surface area contributed by atoms with Gasteiger partial charge in [-0.3, -0.25) is 9.59 Å². The second-order valence-electron chi connectivity index (χ2n) is 5.28. The van der Waals surface area contributed by atoms with Crippen LogP contribution in [0.15, 0.2) is 0 Å². The van der Waals surface area contributed by atoms with Gasteiger partial charge in [-0.1, -0.05) is 6.92 Å². The molecule has 0 saturated carbocycles. The quantitative estimate of drug-likeness (QED) is 0.743. The summed E-state index contributed by atoms with van der Waals surface area (Å²) < 4.78 is 4.48. The predicted molar refractivity (Wildman–Crippen MR) is 63.2 cm³/mol. The van der Waals surface area contributed by atoms with Crippen molar-refractivity contribution in [3.8, 4) is 0 Å². The molecule has 0 aliphatic rings. The van der Waals surface area contributed by atoms with E-state index < -0.39 is 11.4 Å². The van der Waals surface area contributed by atoms with Crippen LogP contribution < -0.4 is 0 Å². The van der Waals surface area contributed by atoms with Crippen molar-refractivity contribution in [1.82, 2.24) is 0 Å². The molecule has 0 fully saturated rings. The molecule has 1 N–H and O–H groups in total. The Morgan fingerprint density at radius 2 is 1.50 bits per heavy atom. The van der Waals surface area contributed by atoms with Crippen LogP contribution in [0.2, 0.25) is 0 Å². The van der Waals surface area contributed by atoms with E-state index in [9.17, 15) is 9.59 Å². The van der Waals surface area contributed by atoms with Gasteiger partial charge in [-0.05, 0) is 41.0 Å². The van der Waals surface area contributed by atoms with E-state index in [1.807, 2.05) is 27.7 Å². The van der Waals surface area contributed by atoms with Crippen LogP contribution in [0.1, 0.15) is 48.0 Å². The van der Waals surface area contributed by atoms with Crippen molar-refractivity contribution in [1.29, 1.82) is 0 Å². The number of rotatable bonds is 2. The molecular formula is C12H24O4. The number of carbonyl (C=O) groups excluding carboxylic acids is 1. The molecule has 0 aliphatic heterocycles. The molecule has 0 aromatic rings. The number of ether oxygens (including phenoxy) is 1. The number of aliphatic carboxylic acids is 1. The van der Waals surface area contributed by atoms with Gasteiger partial charge in [0.05, 0.1) is 17.9 Å². The first kappa shape index (κ1) is 17.3. The van der Waals surface area contributed by atoms with Gasteiger partial charge in [0.2, 0.25) is 0 Å². The zero-order valence-corrected chi connectivity index (χ0v) is 11.4. The summed E-state index contributed by atoms with van der Waals surface area (Å²) in [7, 11) is 1.40. The van der Waals surface area contributed by atoms with Gasteiger partial charge in [-0.25, -0.2) is 0 Å². The molecular weight excluding hydrogens is 208 g/mol. The first-order valence-corrected chi connectivity index (χ1v) is 5.30. The molecule has 0 bridgehead atoms. The average molecular weight is 232 g/mol. The zero-order valence-electron chi connectivity index (χ0n) is 11.4. The van der Waals surface area contributed by atoms with Crippen LogP contribution in [0.25, 0.3) is 0 Å². The van der Waals surface area contributed by atoms with Crippen molar-refractivity contribution in [2.75, 3.05) is 7.11 Å². The van der Waals surface area contributed by atoms with E-state index in [1.165, 1.54) is 7.11 Å². The third kappa shape index (κ3) is 7.26. The van der Waals surface area contributed by atoms with Gasteiger partial charge in [-0.2, -0.15) is 0 Å². The second kappa shape index (κ2) is 6.51. The Morgan fingerprint density at radius 3 is 1.50 bits per heavy atom. The molecule has 0 unspecified atom stereocenters. The van der Waals surface area contributed by atoms with Gasteiger partial charge in [-0.15, -0.1) is 0 Å². The van der Waals surface area contributed by atoms with Gasteiger partial charge in [0.15, 0.2) is 0 Å². The van der Waals surface area contributed by atoms with Crippen LogP contribution in [0.4, 0.5) is 0 Å². The summed E-state index contributed by atoms with van der Waals surface area (Å²) in [6.07, 6.45) is 0.683. The minimum absolute atomic E-state index is 0.169. The Labute approximate surface area is 98.0 Å². The second-order valence-corrected chi connectivity index (χ2v) is 5.28. The monoisotopic (exact) mass is 232 g/mol. The molecule has 0 spiro atoms. The van der Waals surface area contributed by atoms with Gasteiger partial charge >= 0.3 is 11.9 Å². The minimum Gasteiger partial charge on any atom is -0.481 e. The largest absolute Gasteiger partial charge is 0.481 e. The summed E-state index contributed by atoms with van der Waals surface area (Å²) in [4.78, 5) is 20.9. The molecule has 16 heavy (non-hydrogen) atoms. The zero-order chi connectivity index (χ0) is 13.6. The van der Waals surface area contributed by atoms with E-state index in [0.29, 0.717) is 6.42 Å². The Kier molecular flexibility index (Phi) is 7.05. The van der Waals surface area contributed by atoms with Crippen LogP contribution in [-0.2, 0) is 14.3 Å².